The molecule has 194 valence electrons. The number of carbonyl (C=O) groups is 1. The molecule has 1 aliphatic rings. The van der Waals surface area contributed by atoms with E-state index in [0.717, 1.165) is 22.4 Å². The standard InChI is InChI=1S/C27H24Cl2N6O2S/c1-15-4-6-16(7-5-15)32-24-19(12-30)18-11-27(2,3)37-13-20(18)25-33-34-26(35(24)25)38-14-23(36)31-17-8-9-21(28)22(29)10-17/h4-10,32H,11,13-14H2,1-3H3,(H,31,36). The number of rotatable bonds is 6. The Balaban J connectivity index is 1.52. The highest BCUT2D eigenvalue weighted by Crippen LogP contribution is 2.38. The maximum Gasteiger partial charge on any atom is 0.234 e. The molecule has 3 heterocycles. The Hall–Kier alpha value is -3.29. The lowest BCUT2D eigenvalue weighted by Crippen LogP contribution is -2.33. The molecule has 5 rings (SSSR count). The zero-order chi connectivity index (χ0) is 27.0. The first-order chi connectivity index (χ1) is 18.1. The number of amides is 1. The molecule has 8 nitrogen and oxygen atoms in total. The quantitative estimate of drug-likeness (QED) is 0.255. The van der Waals surface area contributed by atoms with E-state index in [0.29, 0.717) is 50.9 Å². The number of nitrogens with one attached hydrogen (secondary N) is 2. The van der Waals surface area contributed by atoms with Crippen molar-refractivity contribution in [3.8, 4) is 6.07 Å². The zero-order valence-corrected chi connectivity index (χ0v) is 23.3. The van der Waals surface area contributed by atoms with Crippen LogP contribution in [0.1, 0.15) is 36.1 Å². The van der Waals surface area contributed by atoms with E-state index >= 15 is 0 Å². The second kappa shape index (κ2) is 10.5. The molecule has 0 saturated carbocycles. The number of halogens is 2. The van der Waals surface area contributed by atoms with Crippen LogP contribution in [-0.4, -0.2) is 31.9 Å². The molecule has 38 heavy (non-hydrogen) atoms. The summed E-state index contributed by atoms with van der Waals surface area (Å²) in [6, 6.07) is 15.2. The van der Waals surface area contributed by atoms with Crippen molar-refractivity contribution >= 4 is 63.7 Å². The van der Waals surface area contributed by atoms with Gasteiger partial charge in [0.2, 0.25) is 5.91 Å². The number of nitrogens with zero attached hydrogens (tertiary/aromatic N) is 4. The third-order valence-electron chi connectivity index (χ3n) is 6.20. The molecule has 0 unspecified atom stereocenters. The molecule has 2 aromatic carbocycles. The summed E-state index contributed by atoms with van der Waals surface area (Å²) >= 11 is 13.2. The van der Waals surface area contributed by atoms with Crippen LogP contribution in [-0.2, 0) is 22.6 Å². The molecular formula is C27H24Cl2N6O2S. The minimum Gasteiger partial charge on any atom is -0.370 e. The predicted molar refractivity (Wildman–Crippen MR) is 151 cm³/mol. The van der Waals surface area contributed by atoms with Crippen molar-refractivity contribution in [2.45, 2.75) is 44.6 Å². The number of benzene rings is 2. The first-order valence-corrected chi connectivity index (χ1v) is 13.6. The second-order valence-electron chi connectivity index (χ2n) is 9.62. The second-order valence-corrected chi connectivity index (χ2v) is 11.4. The highest BCUT2D eigenvalue weighted by molar-refractivity contribution is 7.99. The zero-order valence-electron chi connectivity index (χ0n) is 20.9. The number of ether oxygens (including phenoxy) is 1. The van der Waals surface area contributed by atoms with Gasteiger partial charge in [-0.05, 0) is 56.7 Å². The van der Waals surface area contributed by atoms with E-state index in [1.165, 1.54) is 11.8 Å². The molecule has 0 fully saturated rings. The Morgan fingerprint density at radius 2 is 1.87 bits per heavy atom. The number of hydrogen-bond acceptors (Lipinski definition) is 7. The average molecular weight is 568 g/mol. The summed E-state index contributed by atoms with van der Waals surface area (Å²) in [5.74, 6) is 0.370. The van der Waals surface area contributed by atoms with Gasteiger partial charge in [0.05, 0.1) is 33.6 Å². The van der Waals surface area contributed by atoms with Crippen molar-refractivity contribution in [3.63, 3.8) is 0 Å². The van der Waals surface area contributed by atoms with E-state index < -0.39 is 5.60 Å². The van der Waals surface area contributed by atoms with Gasteiger partial charge in [-0.25, -0.2) is 0 Å². The Kier molecular flexibility index (Phi) is 7.25. The molecule has 1 amide bonds. The van der Waals surface area contributed by atoms with Crippen LogP contribution in [0.5, 0.6) is 0 Å². The van der Waals surface area contributed by atoms with Crippen LogP contribution in [0.15, 0.2) is 47.6 Å². The number of carbonyl (C=O) groups excluding carboxylic acids is 1. The van der Waals surface area contributed by atoms with Crippen molar-refractivity contribution in [2.24, 2.45) is 0 Å². The molecule has 0 atom stereocenters. The maximum absolute atomic E-state index is 12.7. The lowest BCUT2D eigenvalue weighted by molar-refractivity contribution is -0.113. The van der Waals surface area contributed by atoms with Crippen molar-refractivity contribution in [2.75, 3.05) is 16.4 Å². The summed E-state index contributed by atoms with van der Waals surface area (Å²) in [7, 11) is 0. The molecule has 0 aliphatic carbocycles. The molecule has 2 aromatic heterocycles. The summed E-state index contributed by atoms with van der Waals surface area (Å²) in [6.45, 7) is 6.34. The molecular weight excluding hydrogens is 543 g/mol. The van der Waals surface area contributed by atoms with Crippen LogP contribution >= 0.6 is 35.0 Å². The molecule has 11 heteroatoms. The van der Waals surface area contributed by atoms with Gasteiger partial charge in [-0.3, -0.25) is 9.20 Å². The van der Waals surface area contributed by atoms with Gasteiger partial charge >= 0.3 is 0 Å². The first-order valence-electron chi connectivity index (χ1n) is 11.8. The highest BCUT2D eigenvalue weighted by atomic mass is 35.5. The molecule has 2 N–H and O–H groups in total. The highest BCUT2D eigenvalue weighted by Gasteiger charge is 2.33. The number of nitriles is 1. The Morgan fingerprint density at radius 3 is 2.58 bits per heavy atom. The van der Waals surface area contributed by atoms with Crippen molar-refractivity contribution in [1.29, 1.82) is 5.26 Å². The predicted octanol–water partition coefficient (Wildman–Crippen LogP) is 6.54. The Bertz CT molecular complexity index is 1590. The normalized spacial score (nSPS) is 14.1. The monoisotopic (exact) mass is 566 g/mol. The van der Waals surface area contributed by atoms with Gasteiger partial charge in [-0.2, -0.15) is 5.26 Å². The average Bonchev–Trinajstić information content (AvgIpc) is 3.30. The molecule has 0 radical (unpaired) electrons. The van der Waals surface area contributed by atoms with Crippen molar-refractivity contribution < 1.29 is 9.53 Å². The van der Waals surface area contributed by atoms with Crippen LogP contribution in [0.2, 0.25) is 10.0 Å². The van der Waals surface area contributed by atoms with Gasteiger partial charge in [0, 0.05) is 23.4 Å². The van der Waals surface area contributed by atoms with Gasteiger partial charge in [0.25, 0.3) is 0 Å². The Labute approximate surface area is 234 Å². The number of aryl methyl sites for hydroxylation is 1. The summed E-state index contributed by atoms with van der Waals surface area (Å²) in [5.41, 5.74) is 4.89. The van der Waals surface area contributed by atoms with Crippen LogP contribution in [0.25, 0.3) is 5.65 Å². The number of thioether (sulfide) groups is 1. The van der Waals surface area contributed by atoms with E-state index in [1.54, 1.807) is 22.6 Å². The van der Waals surface area contributed by atoms with E-state index in [-0.39, 0.29) is 11.7 Å². The summed E-state index contributed by atoms with van der Waals surface area (Å²) in [4.78, 5) is 12.7. The van der Waals surface area contributed by atoms with Gasteiger partial charge in [0.15, 0.2) is 10.8 Å². The van der Waals surface area contributed by atoms with E-state index in [1.807, 2.05) is 45.0 Å². The first kappa shape index (κ1) is 26.3. The van der Waals surface area contributed by atoms with E-state index in [2.05, 4.69) is 26.9 Å². The molecule has 0 saturated heterocycles. The van der Waals surface area contributed by atoms with Crippen LogP contribution in [0.3, 0.4) is 0 Å². The number of pyridine rings is 1. The fourth-order valence-electron chi connectivity index (χ4n) is 4.31. The fourth-order valence-corrected chi connectivity index (χ4v) is 5.34. The molecule has 0 bridgehead atoms. The Morgan fingerprint density at radius 1 is 1.13 bits per heavy atom. The number of aromatic nitrogens is 3. The van der Waals surface area contributed by atoms with Crippen LogP contribution in [0.4, 0.5) is 17.2 Å². The van der Waals surface area contributed by atoms with E-state index in [9.17, 15) is 10.1 Å². The van der Waals surface area contributed by atoms with Crippen molar-refractivity contribution in [1.82, 2.24) is 14.6 Å². The van der Waals surface area contributed by atoms with Gasteiger partial charge in [-0.1, -0.05) is 52.7 Å². The van der Waals surface area contributed by atoms with E-state index in [4.69, 9.17) is 27.9 Å². The van der Waals surface area contributed by atoms with Gasteiger partial charge in [-0.15, -0.1) is 10.2 Å². The topological polar surface area (TPSA) is 104 Å². The maximum atomic E-state index is 12.7. The minimum atomic E-state index is -0.418. The lowest BCUT2D eigenvalue weighted by atomic mass is 9.89. The third-order valence-corrected chi connectivity index (χ3v) is 7.87. The lowest BCUT2D eigenvalue weighted by Gasteiger charge is -2.33. The number of hydrogen-bond donors (Lipinski definition) is 2. The minimum absolute atomic E-state index is 0.0630. The van der Waals surface area contributed by atoms with Crippen LogP contribution < -0.4 is 10.6 Å². The molecule has 1 aliphatic heterocycles. The molecule has 0 spiro atoms. The number of fused-ring (bicyclic) bond motifs is 3. The summed E-state index contributed by atoms with van der Waals surface area (Å²) < 4.78 is 7.86. The van der Waals surface area contributed by atoms with Crippen molar-refractivity contribution in [3.05, 3.63) is 74.8 Å². The SMILES string of the molecule is Cc1ccc(Nc2c(C#N)c3c(c4nnc(SCC(=O)Nc5ccc(Cl)c(Cl)c5)n24)COC(C)(C)C3)cc1. The summed E-state index contributed by atoms with van der Waals surface area (Å²) in [5, 5.41) is 26.6. The molecule has 4 aromatic rings. The largest absolute Gasteiger partial charge is 0.370 e. The summed E-state index contributed by atoms with van der Waals surface area (Å²) in [6.07, 6.45) is 0.561. The third kappa shape index (κ3) is 5.31. The number of anilines is 3. The fraction of sp³-hybridized carbons (Fsp3) is 0.259. The smallest absolute Gasteiger partial charge is 0.234 e. The van der Waals surface area contributed by atoms with Gasteiger partial charge in [0.1, 0.15) is 11.9 Å². The van der Waals surface area contributed by atoms with Crippen LogP contribution in [0, 0.1) is 18.3 Å². The van der Waals surface area contributed by atoms with Gasteiger partial charge < -0.3 is 15.4 Å².